The molecule has 2 heteroatoms. The second-order valence-electron chi connectivity index (χ2n) is 4.36. The van der Waals surface area contributed by atoms with Crippen molar-refractivity contribution in [2.45, 2.75) is 13.0 Å². The molecule has 1 aliphatic rings. The highest BCUT2D eigenvalue weighted by molar-refractivity contribution is 5.66. The molecule has 1 heterocycles. The van der Waals surface area contributed by atoms with Crippen LogP contribution in [0.3, 0.4) is 0 Å². The zero-order chi connectivity index (χ0) is 11.7. The maximum absolute atomic E-state index is 14.4. The molecule has 0 aliphatic carbocycles. The van der Waals surface area contributed by atoms with Gasteiger partial charge in [0.2, 0.25) is 0 Å². The molecule has 0 unspecified atom stereocenters. The standard InChI is InChI=1S/C15H14FN/c16-15-13(11-4-2-1-3-5-11)7-6-12-10-17-9-8-14(12)15/h1-7,17H,8-10H2. The summed E-state index contributed by atoms with van der Waals surface area (Å²) in [5, 5.41) is 3.26. The Kier molecular flexibility index (Phi) is 2.65. The van der Waals surface area contributed by atoms with Crippen molar-refractivity contribution in [3.05, 3.63) is 59.4 Å². The van der Waals surface area contributed by atoms with E-state index in [1.165, 1.54) is 0 Å². The summed E-state index contributed by atoms with van der Waals surface area (Å²) in [7, 11) is 0. The Balaban J connectivity index is 2.13. The van der Waals surface area contributed by atoms with Crippen LogP contribution in [0.5, 0.6) is 0 Å². The summed E-state index contributed by atoms with van der Waals surface area (Å²) >= 11 is 0. The van der Waals surface area contributed by atoms with Crippen molar-refractivity contribution in [1.82, 2.24) is 5.32 Å². The van der Waals surface area contributed by atoms with Gasteiger partial charge in [0.1, 0.15) is 5.82 Å². The van der Waals surface area contributed by atoms with E-state index in [0.717, 1.165) is 36.2 Å². The van der Waals surface area contributed by atoms with Crippen LogP contribution in [0, 0.1) is 5.82 Å². The molecule has 2 aromatic carbocycles. The van der Waals surface area contributed by atoms with Gasteiger partial charge in [0.25, 0.3) is 0 Å². The van der Waals surface area contributed by atoms with Gasteiger partial charge in [-0.15, -0.1) is 0 Å². The SMILES string of the molecule is Fc1c(-c2ccccc2)ccc2c1CCNC2. The number of hydrogen-bond donors (Lipinski definition) is 1. The van der Waals surface area contributed by atoms with Gasteiger partial charge in [-0.05, 0) is 29.7 Å². The fourth-order valence-corrected chi connectivity index (χ4v) is 2.37. The van der Waals surface area contributed by atoms with Gasteiger partial charge in [-0.2, -0.15) is 0 Å². The number of nitrogens with one attached hydrogen (secondary N) is 1. The van der Waals surface area contributed by atoms with Crippen LogP contribution in [0.2, 0.25) is 0 Å². The lowest BCUT2D eigenvalue weighted by atomic mass is 9.94. The Morgan fingerprint density at radius 1 is 1.00 bits per heavy atom. The van der Waals surface area contributed by atoms with Gasteiger partial charge in [-0.3, -0.25) is 0 Å². The Bertz CT molecular complexity index is 534. The first-order valence-corrected chi connectivity index (χ1v) is 5.92. The molecule has 1 nitrogen and oxygen atoms in total. The van der Waals surface area contributed by atoms with Crippen LogP contribution in [-0.4, -0.2) is 6.54 Å². The molecule has 17 heavy (non-hydrogen) atoms. The summed E-state index contributed by atoms with van der Waals surface area (Å²) in [5.74, 6) is -0.0461. The molecule has 1 N–H and O–H groups in total. The number of fused-ring (bicyclic) bond motifs is 1. The van der Waals surface area contributed by atoms with Crippen LogP contribution in [-0.2, 0) is 13.0 Å². The van der Waals surface area contributed by atoms with Crippen LogP contribution >= 0.6 is 0 Å². The Hall–Kier alpha value is -1.67. The normalized spacial score (nSPS) is 14.4. The monoisotopic (exact) mass is 227 g/mol. The van der Waals surface area contributed by atoms with Crippen molar-refractivity contribution >= 4 is 0 Å². The van der Waals surface area contributed by atoms with Crippen molar-refractivity contribution in [1.29, 1.82) is 0 Å². The molecular weight excluding hydrogens is 213 g/mol. The van der Waals surface area contributed by atoms with E-state index in [-0.39, 0.29) is 5.82 Å². The zero-order valence-electron chi connectivity index (χ0n) is 9.54. The van der Waals surface area contributed by atoms with E-state index in [1.807, 2.05) is 42.5 Å². The van der Waals surface area contributed by atoms with E-state index in [2.05, 4.69) is 5.32 Å². The van der Waals surface area contributed by atoms with Crippen LogP contribution in [0.15, 0.2) is 42.5 Å². The minimum absolute atomic E-state index is 0.0461. The Morgan fingerprint density at radius 3 is 2.65 bits per heavy atom. The molecule has 0 bridgehead atoms. The van der Waals surface area contributed by atoms with Gasteiger partial charge in [0.15, 0.2) is 0 Å². The minimum atomic E-state index is -0.0461. The first-order chi connectivity index (χ1) is 8.36. The Morgan fingerprint density at radius 2 is 1.82 bits per heavy atom. The third-order valence-corrected chi connectivity index (χ3v) is 3.29. The largest absolute Gasteiger partial charge is 0.312 e. The Labute approximate surface area is 100 Å². The fourth-order valence-electron chi connectivity index (χ4n) is 2.37. The molecule has 0 saturated heterocycles. The predicted octanol–water partition coefficient (Wildman–Crippen LogP) is 3.14. The summed E-state index contributed by atoms with van der Waals surface area (Å²) in [6.07, 6.45) is 0.780. The molecule has 1 aliphatic heterocycles. The smallest absolute Gasteiger partial charge is 0.134 e. The molecule has 0 amide bonds. The molecule has 86 valence electrons. The third-order valence-electron chi connectivity index (χ3n) is 3.29. The van der Waals surface area contributed by atoms with Crippen molar-refractivity contribution in [2.75, 3.05) is 6.54 Å². The number of hydrogen-bond acceptors (Lipinski definition) is 1. The summed E-state index contributed by atoms with van der Waals surface area (Å²) in [5.41, 5.74) is 3.64. The zero-order valence-corrected chi connectivity index (χ0v) is 9.54. The van der Waals surface area contributed by atoms with E-state index in [4.69, 9.17) is 0 Å². The first-order valence-electron chi connectivity index (χ1n) is 5.92. The lowest BCUT2D eigenvalue weighted by Crippen LogP contribution is -2.24. The average molecular weight is 227 g/mol. The fraction of sp³-hybridized carbons (Fsp3) is 0.200. The van der Waals surface area contributed by atoms with Crippen molar-refractivity contribution in [3.8, 4) is 11.1 Å². The van der Waals surface area contributed by atoms with Gasteiger partial charge in [-0.1, -0.05) is 42.5 Å². The first kappa shape index (κ1) is 10.5. The van der Waals surface area contributed by atoms with Crippen LogP contribution in [0.4, 0.5) is 4.39 Å². The number of rotatable bonds is 1. The number of benzene rings is 2. The topological polar surface area (TPSA) is 12.0 Å². The molecule has 0 saturated carbocycles. The molecule has 0 radical (unpaired) electrons. The van der Waals surface area contributed by atoms with Crippen LogP contribution < -0.4 is 5.32 Å². The molecule has 2 aromatic rings. The van der Waals surface area contributed by atoms with Crippen molar-refractivity contribution in [3.63, 3.8) is 0 Å². The van der Waals surface area contributed by atoms with E-state index < -0.39 is 0 Å². The summed E-state index contributed by atoms with van der Waals surface area (Å²) in [4.78, 5) is 0. The van der Waals surface area contributed by atoms with Gasteiger partial charge < -0.3 is 5.32 Å². The summed E-state index contributed by atoms with van der Waals surface area (Å²) in [6, 6.07) is 13.6. The lowest BCUT2D eigenvalue weighted by Gasteiger charge is -2.19. The molecule has 0 aromatic heterocycles. The van der Waals surface area contributed by atoms with Crippen LogP contribution in [0.25, 0.3) is 11.1 Å². The van der Waals surface area contributed by atoms with E-state index in [1.54, 1.807) is 0 Å². The summed E-state index contributed by atoms with van der Waals surface area (Å²) in [6.45, 7) is 1.64. The quantitative estimate of drug-likeness (QED) is 0.789. The molecule has 3 rings (SSSR count). The highest BCUT2D eigenvalue weighted by atomic mass is 19.1. The molecule has 0 fully saturated rings. The second kappa shape index (κ2) is 4.30. The lowest BCUT2D eigenvalue weighted by molar-refractivity contribution is 0.571. The van der Waals surface area contributed by atoms with Crippen LogP contribution in [0.1, 0.15) is 11.1 Å². The van der Waals surface area contributed by atoms with E-state index in [0.29, 0.717) is 5.56 Å². The predicted molar refractivity (Wildman–Crippen MR) is 67.2 cm³/mol. The van der Waals surface area contributed by atoms with Gasteiger partial charge in [0, 0.05) is 12.1 Å². The van der Waals surface area contributed by atoms with Gasteiger partial charge >= 0.3 is 0 Å². The number of halogens is 1. The summed E-state index contributed by atoms with van der Waals surface area (Å²) < 4.78 is 14.4. The molecule has 0 atom stereocenters. The van der Waals surface area contributed by atoms with Crippen molar-refractivity contribution in [2.24, 2.45) is 0 Å². The van der Waals surface area contributed by atoms with Gasteiger partial charge in [-0.25, -0.2) is 4.39 Å². The second-order valence-corrected chi connectivity index (χ2v) is 4.36. The molecular formula is C15H14FN. The van der Waals surface area contributed by atoms with Crippen molar-refractivity contribution < 1.29 is 4.39 Å². The highest BCUT2D eigenvalue weighted by Gasteiger charge is 2.16. The molecule has 0 spiro atoms. The minimum Gasteiger partial charge on any atom is -0.312 e. The maximum Gasteiger partial charge on any atom is 0.134 e. The maximum atomic E-state index is 14.4. The average Bonchev–Trinajstić information content (AvgIpc) is 2.40. The van der Waals surface area contributed by atoms with E-state index in [9.17, 15) is 4.39 Å². The van der Waals surface area contributed by atoms with E-state index >= 15 is 0 Å². The highest BCUT2D eigenvalue weighted by Crippen LogP contribution is 2.28. The third kappa shape index (κ3) is 1.85. The van der Waals surface area contributed by atoms with Gasteiger partial charge in [0.05, 0.1) is 0 Å².